The van der Waals surface area contributed by atoms with E-state index >= 15 is 0 Å². The molecule has 3 nitrogen and oxygen atoms in total. The van der Waals surface area contributed by atoms with E-state index in [2.05, 4.69) is 29.5 Å². The monoisotopic (exact) mass is 240 g/mol. The molecular formula is C12H20N2OS. The summed E-state index contributed by atoms with van der Waals surface area (Å²) in [5, 5.41) is 6.83. The quantitative estimate of drug-likeness (QED) is 0.877. The Hall–Kier alpha value is -0.450. The molecule has 0 bridgehead atoms. The van der Waals surface area contributed by atoms with Crippen LogP contribution in [-0.4, -0.2) is 24.2 Å². The Kier molecular flexibility index (Phi) is 3.33. The number of aromatic nitrogens is 1. The van der Waals surface area contributed by atoms with E-state index in [9.17, 15) is 0 Å². The highest BCUT2D eigenvalue weighted by Gasteiger charge is 2.48. The molecule has 2 atom stereocenters. The minimum atomic E-state index is 0.236. The standard InChI is InChI=1S/C12H20N2OS/c1-8-14-9(7-16-8)6-13-10-5-11(15-4)12(10,2)3/h7,10-11,13H,5-6H2,1-4H3. The second kappa shape index (κ2) is 4.43. The molecule has 0 radical (unpaired) electrons. The van der Waals surface area contributed by atoms with Gasteiger partial charge in [-0.3, -0.25) is 0 Å². The van der Waals surface area contributed by atoms with Crippen LogP contribution in [-0.2, 0) is 11.3 Å². The number of hydrogen-bond acceptors (Lipinski definition) is 4. The average molecular weight is 240 g/mol. The second-order valence-electron chi connectivity index (χ2n) is 5.07. The van der Waals surface area contributed by atoms with E-state index in [0.29, 0.717) is 12.1 Å². The number of nitrogens with zero attached hydrogens (tertiary/aromatic N) is 1. The topological polar surface area (TPSA) is 34.1 Å². The van der Waals surface area contributed by atoms with Crippen LogP contribution in [0.2, 0.25) is 0 Å². The maximum absolute atomic E-state index is 5.43. The maximum atomic E-state index is 5.43. The molecule has 1 N–H and O–H groups in total. The van der Waals surface area contributed by atoms with Crippen LogP contribution in [0.15, 0.2) is 5.38 Å². The molecule has 2 rings (SSSR count). The van der Waals surface area contributed by atoms with Crippen molar-refractivity contribution in [2.45, 2.75) is 45.9 Å². The van der Waals surface area contributed by atoms with Crippen molar-refractivity contribution in [3.8, 4) is 0 Å². The summed E-state index contributed by atoms with van der Waals surface area (Å²) in [6, 6.07) is 0.541. The van der Waals surface area contributed by atoms with E-state index < -0.39 is 0 Å². The number of rotatable bonds is 4. The van der Waals surface area contributed by atoms with Gasteiger partial charge in [0.15, 0.2) is 0 Å². The predicted octanol–water partition coefficient (Wildman–Crippen LogP) is 2.35. The lowest BCUT2D eigenvalue weighted by atomic mass is 9.64. The van der Waals surface area contributed by atoms with Gasteiger partial charge in [-0.15, -0.1) is 11.3 Å². The lowest BCUT2D eigenvalue weighted by molar-refractivity contribution is -0.0979. The van der Waals surface area contributed by atoms with Gasteiger partial charge < -0.3 is 10.1 Å². The van der Waals surface area contributed by atoms with Crippen LogP contribution in [0, 0.1) is 12.3 Å². The van der Waals surface area contributed by atoms with Crippen molar-refractivity contribution in [2.24, 2.45) is 5.41 Å². The molecule has 0 saturated heterocycles. The van der Waals surface area contributed by atoms with Crippen LogP contribution < -0.4 is 5.32 Å². The molecule has 1 aliphatic rings. The van der Waals surface area contributed by atoms with Gasteiger partial charge in [-0.05, 0) is 13.3 Å². The van der Waals surface area contributed by atoms with Crippen molar-refractivity contribution in [3.05, 3.63) is 16.1 Å². The number of hydrogen-bond donors (Lipinski definition) is 1. The molecule has 1 aromatic heterocycles. The Labute approximate surface area is 101 Å². The molecule has 1 saturated carbocycles. The fourth-order valence-electron chi connectivity index (χ4n) is 2.35. The molecule has 0 spiro atoms. The number of ether oxygens (including phenoxy) is 1. The zero-order valence-corrected chi connectivity index (χ0v) is 11.2. The normalized spacial score (nSPS) is 27.8. The van der Waals surface area contributed by atoms with E-state index in [0.717, 1.165) is 23.7 Å². The molecule has 1 aliphatic carbocycles. The number of thiazole rings is 1. The third-order valence-electron chi connectivity index (χ3n) is 3.66. The van der Waals surface area contributed by atoms with Crippen molar-refractivity contribution in [1.29, 1.82) is 0 Å². The van der Waals surface area contributed by atoms with Crippen LogP contribution in [0.25, 0.3) is 0 Å². The van der Waals surface area contributed by atoms with Gasteiger partial charge in [0.1, 0.15) is 0 Å². The molecule has 2 unspecified atom stereocenters. The van der Waals surface area contributed by atoms with Crippen molar-refractivity contribution >= 4 is 11.3 Å². The van der Waals surface area contributed by atoms with Crippen LogP contribution in [0.5, 0.6) is 0 Å². The predicted molar refractivity (Wildman–Crippen MR) is 66.7 cm³/mol. The molecule has 4 heteroatoms. The molecule has 1 heterocycles. The molecule has 90 valence electrons. The van der Waals surface area contributed by atoms with Crippen LogP contribution in [0.3, 0.4) is 0 Å². The van der Waals surface area contributed by atoms with Crippen LogP contribution in [0.1, 0.15) is 31.0 Å². The molecule has 1 fully saturated rings. The Morgan fingerprint density at radius 1 is 1.62 bits per heavy atom. The molecule has 1 aromatic rings. The minimum absolute atomic E-state index is 0.236. The Balaban J connectivity index is 1.84. The summed E-state index contributed by atoms with van der Waals surface area (Å²) in [7, 11) is 1.80. The molecular weight excluding hydrogens is 220 g/mol. The van der Waals surface area contributed by atoms with E-state index in [-0.39, 0.29) is 5.41 Å². The van der Waals surface area contributed by atoms with Gasteiger partial charge in [0, 0.05) is 30.5 Å². The van der Waals surface area contributed by atoms with Crippen LogP contribution in [0.4, 0.5) is 0 Å². The van der Waals surface area contributed by atoms with E-state index in [1.807, 2.05) is 6.92 Å². The van der Waals surface area contributed by atoms with Gasteiger partial charge in [-0.25, -0.2) is 4.98 Å². The Morgan fingerprint density at radius 3 is 2.88 bits per heavy atom. The van der Waals surface area contributed by atoms with E-state index in [1.165, 1.54) is 0 Å². The van der Waals surface area contributed by atoms with Crippen molar-refractivity contribution in [1.82, 2.24) is 10.3 Å². The summed E-state index contributed by atoms with van der Waals surface area (Å²) < 4.78 is 5.43. The van der Waals surface area contributed by atoms with Gasteiger partial charge in [-0.2, -0.15) is 0 Å². The van der Waals surface area contributed by atoms with Crippen LogP contribution >= 0.6 is 11.3 Å². The SMILES string of the molecule is COC1CC(NCc2csc(C)n2)C1(C)C. The summed E-state index contributed by atoms with van der Waals surface area (Å²) in [4.78, 5) is 4.45. The minimum Gasteiger partial charge on any atom is -0.381 e. The van der Waals surface area contributed by atoms with Gasteiger partial charge in [0.2, 0.25) is 0 Å². The van der Waals surface area contributed by atoms with Gasteiger partial charge in [0.05, 0.1) is 16.8 Å². The molecule has 0 amide bonds. The third-order valence-corrected chi connectivity index (χ3v) is 4.48. The van der Waals surface area contributed by atoms with Crippen molar-refractivity contribution in [2.75, 3.05) is 7.11 Å². The number of nitrogens with one attached hydrogen (secondary N) is 1. The fraction of sp³-hybridized carbons (Fsp3) is 0.750. The smallest absolute Gasteiger partial charge is 0.0897 e. The van der Waals surface area contributed by atoms with Crippen molar-refractivity contribution < 1.29 is 4.74 Å². The van der Waals surface area contributed by atoms with Gasteiger partial charge in [0.25, 0.3) is 0 Å². The highest BCUT2D eigenvalue weighted by Crippen LogP contribution is 2.42. The lowest BCUT2D eigenvalue weighted by Crippen LogP contribution is -2.60. The number of aryl methyl sites for hydroxylation is 1. The first kappa shape index (κ1) is 12.0. The highest BCUT2D eigenvalue weighted by molar-refractivity contribution is 7.09. The first-order valence-electron chi connectivity index (χ1n) is 5.71. The summed E-state index contributed by atoms with van der Waals surface area (Å²) >= 11 is 1.71. The van der Waals surface area contributed by atoms with Gasteiger partial charge >= 0.3 is 0 Å². The van der Waals surface area contributed by atoms with Crippen molar-refractivity contribution in [3.63, 3.8) is 0 Å². The Morgan fingerprint density at radius 2 is 2.38 bits per heavy atom. The zero-order chi connectivity index (χ0) is 11.8. The largest absolute Gasteiger partial charge is 0.381 e. The first-order chi connectivity index (χ1) is 7.54. The second-order valence-corrected chi connectivity index (χ2v) is 6.13. The maximum Gasteiger partial charge on any atom is 0.0897 e. The highest BCUT2D eigenvalue weighted by atomic mass is 32.1. The zero-order valence-electron chi connectivity index (χ0n) is 10.4. The summed E-state index contributed by atoms with van der Waals surface area (Å²) in [5.41, 5.74) is 1.39. The van der Waals surface area contributed by atoms with Gasteiger partial charge in [-0.1, -0.05) is 13.8 Å². The molecule has 0 aromatic carbocycles. The molecule has 0 aliphatic heterocycles. The number of methoxy groups -OCH3 is 1. The summed E-state index contributed by atoms with van der Waals surface area (Å²) in [6.07, 6.45) is 1.49. The van der Waals surface area contributed by atoms with E-state index in [4.69, 9.17) is 4.74 Å². The summed E-state index contributed by atoms with van der Waals surface area (Å²) in [6.45, 7) is 7.43. The van der Waals surface area contributed by atoms with E-state index in [1.54, 1.807) is 18.4 Å². The third kappa shape index (κ3) is 2.14. The fourth-order valence-corrected chi connectivity index (χ4v) is 2.96. The average Bonchev–Trinajstić information content (AvgIpc) is 2.63. The summed E-state index contributed by atoms with van der Waals surface area (Å²) in [5.74, 6) is 0. The lowest BCUT2D eigenvalue weighted by Gasteiger charge is -2.51. The Bertz CT molecular complexity index is 362. The molecule has 16 heavy (non-hydrogen) atoms. The first-order valence-corrected chi connectivity index (χ1v) is 6.59.